The van der Waals surface area contributed by atoms with Crippen LogP contribution in [0.3, 0.4) is 0 Å². The summed E-state index contributed by atoms with van der Waals surface area (Å²) in [6, 6.07) is 12.0. The van der Waals surface area contributed by atoms with Crippen molar-refractivity contribution < 1.29 is 17.9 Å². The van der Waals surface area contributed by atoms with E-state index in [1.807, 2.05) is 12.1 Å². The number of halogens is 1. The van der Waals surface area contributed by atoms with E-state index in [2.05, 4.69) is 5.10 Å². The normalized spacial score (nSPS) is 17.2. The van der Waals surface area contributed by atoms with Crippen LogP contribution in [0.4, 0.5) is 0 Å². The molecule has 1 aliphatic heterocycles. The van der Waals surface area contributed by atoms with Gasteiger partial charge < -0.3 is 9.47 Å². The minimum absolute atomic E-state index is 0.415. The van der Waals surface area contributed by atoms with Crippen molar-refractivity contribution in [2.24, 2.45) is 5.10 Å². The first-order chi connectivity index (χ1) is 12.3. The molecule has 0 radical (unpaired) electrons. The summed E-state index contributed by atoms with van der Waals surface area (Å²) in [6.07, 6.45) is 1.56. The Hall–Kier alpha value is -2.25. The van der Waals surface area contributed by atoms with E-state index >= 15 is 0 Å². The molecule has 2 aromatic rings. The molecule has 1 atom stereocenters. The highest BCUT2D eigenvalue weighted by Gasteiger charge is 2.35. The number of methoxy groups -OCH3 is 2. The van der Waals surface area contributed by atoms with Gasteiger partial charge in [0, 0.05) is 17.0 Å². The number of hydrogen-bond donors (Lipinski definition) is 0. The van der Waals surface area contributed by atoms with Crippen molar-refractivity contribution in [3.8, 4) is 11.5 Å². The molecule has 8 heteroatoms. The van der Waals surface area contributed by atoms with E-state index in [0.29, 0.717) is 34.2 Å². The number of hydrazone groups is 1. The Morgan fingerprint density at radius 3 is 2.38 bits per heavy atom. The molecule has 0 saturated heterocycles. The highest BCUT2D eigenvalue weighted by molar-refractivity contribution is 7.88. The first kappa shape index (κ1) is 18.5. The average molecular weight is 395 g/mol. The molecule has 1 aliphatic rings. The summed E-state index contributed by atoms with van der Waals surface area (Å²) in [6.45, 7) is 0. The number of sulfonamides is 1. The summed E-state index contributed by atoms with van der Waals surface area (Å²) in [4.78, 5) is 0. The fraction of sp³-hybridized carbons (Fsp3) is 0.278. The summed E-state index contributed by atoms with van der Waals surface area (Å²) in [5.41, 5.74) is 2.14. The Morgan fingerprint density at radius 1 is 1.12 bits per heavy atom. The third kappa shape index (κ3) is 3.64. The van der Waals surface area contributed by atoms with E-state index in [9.17, 15) is 8.42 Å². The number of hydrogen-bond acceptors (Lipinski definition) is 5. The minimum Gasteiger partial charge on any atom is -0.497 e. The van der Waals surface area contributed by atoms with Crippen molar-refractivity contribution in [2.75, 3.05) is 20.5 Å². The maximum atomic E-state index is 12.3. The van der Waals surface area contributed by atoms with E-state index in [-0.39, 0.29) is 0 Å². The highest BCUT2D eigenvalue weighted by Crippen LogP contribution is 2.37. The van der Waals surface area contributed by atoms with Gasteiger partial charge in [0.25, 0.3) is 0 Å². The molecule has 0 amide bonds. The lowest BCUT2D eigenvalue weighted by Crippen LogP contribution is -2.25. The summed E-state index contributed by atoms with van der Waals surface area (Å²) < 4.78 is 36.4. The molecule has 2 aromatic carbocycles. The van der Waals surface area contributed by atoms with Gasteiger partial charge in [0.15, 0.2) is 0 Å². The maximum Gasteiger partial charge on any atom is 0.247 e. The van der Waals surface area contributed by atoms with Crippen molar-refractivity contribution in [3.63, 3.8) is 0 Å². The summed E-state index contributed by atoms with van der Waals surface area (Å²) >= 11 is 5.95. The molecule has 0 fully saturated rings. The molecule has 0 saturated carbocycles. The average Bonchev–Trinajstić information content (AvgIpc) is 3.07. The lowest BCUT2D eigenvalue weighted by atomic mass is 9.98. The standard InChI is InChI=1S/C18H19ClN2O4S/c1-24-14-8-9-18(25-2)15(10-14)16-11-17(21(20-16)26(3,22)23)12-4-6-13(19)7-5-12/h4-10,17H,11H2,1-3H3/t17-/m1/s1. The Balaban J connectivity index is 2.06. The molecule has 6 nitrogen and oxygen atoms in total. The highest BCUT2D eigenvalue weighted by atomic mass is 35.5. The lowest BCUT2D eigenvalue weighted by Gasteiger charge is -2.21. The maximum absolute atomic E-state index is 12.3. The van der Waals surface area contributed by atoms with Crippen LogP contribution in [0.5, 0.6) is 11.5 Å². The zero-order valence-electron chi connectivity index (χ0n) is 14.6. The van der Waals surface area contributed by atoms with Crippen LogP contribution in [0.25, 0.3) is 0 Å². The first-order valence-corrected chi connectivity index (χ1v) is 10.1. The van der Waals surface area contributed by atoms with Gasteiger partial charge in [-0.25, -0.2) is 8.42 Å². The Morgan fingerprint density at radius 2 is 1.81 bits per heavy atom. The van der Waals surface area contributed by atoms with E-state index < -0.39 is 16.1 Å². The van der Waals surface area contributed by atoms with E-state index in [1.54, 1.807) is 44.6 Å². The van der Waals surface area contributed by atoms with Crippen LogP contribution < -0.4 is 9.47 Å². The monoisotopic (exact) mass is 394 g/mol. The molecular formula is C18H19ClN2O4S. The molecule has 0 spiro atoms. The van der Waals surface area contributed by atoms with Gasteiger partial charge in [0.1, 0.15) is 11.5 Å². The molecule has 0 aliphatic carbocycles. The fourth-order valence-electron chi connectivity index (χ4n) is 2.93. The molecule has 3 rings (SSSR count). The van der Waals surface area contributed by atoms with Crippen LogP contribution in [-0.2, 0) is 10.0 Å². The molecule has 0 bridgehead atoms. The van der Waals surface area contributed by atoms with E-state index in [1.165, 1.54) is 0 Å². The second-order valence-corrected chi connectivity index (χ2v) is 8.20. The van der Waals surface area contributed by atoms with Gasteiger partial charge >= 0.3 is 0 Å². The third-order valence-electron chi connectivity index (χ3n) is 4.18. The molecule has 1 heterocycles. The number of nitrogens with zero attached hydrogens (tertiary/aromatic N) is 2. The van der Waals surface area contributed by atoms with Gasteiger partial charge in [-0.3, -0.25) is 0 Å². The van der Waals surface area contributed by atoms with Crippen molar-refractivity contribution in [1.29, 1.82) is 0 Å². The van der Waals surface area contributed by atoms with Crippen LogP contribution in [0, 0.1) is 0 Å². The Bertz CT molecular complexity index is 942. The van der Waals surface area contributed by atoms with Crippen LogP contribution >= 0.6 is 11.6 Å². The van der Waals surface area contributed by atoms with Crippen molar-refractivity contribution in [1.82, 2.24) is 4.41 Å². The second kappa shape index (κ2) is 7.17. The Labute approximate surface area is 158 Å². The molecule has 26 heavy (non-hydrogen) atoms. The molecule has 0 aromatic heterocycles. The second-order valence-electron chi connectivity index (χ2n) is 5.92. The van der Waals surface area contributed by atoms with Crippen molar-refractivity contribution >= 4 is 27.3 Å². The summed E-state index contributed by atoms with van der Waals surface area (Å²) in [7, 11) is -0.413. The minimum atomic E-state index is -3.55. The first-order valence-electron chi connectivity index (χ1n) is 7.88. The van der Waals surface area contributed by atoms with Gasteiger partial charge in [-0.2, -0.15) is 9.52 Å². The van der Waals surface area contributed by atoms with Gasteiger partial charge in [-0.15, -0.1) is 0 Å². The van der Waals surface area contributed by atoms with Gasteiger partial charge in [-0.05, 0) is 35.9 Å². The Kier molecular flexibility index (Phi) is 5.11. The fourth-order valence-corrected chi connectivity index (χ4v) is 3.96. The van der Waals surface area contributed by atoms with E-state index in [4.69, 9.17) is 21.1 Å². The van der Waals surface area contributed by atoms with Gasteiger partial charge in [0.2, 0.25) is 10.0 Å². The number of rotatable bonds is 5. The number of benzene rings is 2. The lowest BCUT2D eigenvalue weighted by molar-refractivity contribution is 0.375. The number of ether oxygens (including phenoxy) is 2. The molecule has 138 valence electrons. The van der Waals surface area contributed by atoms with Crippen LogP contribution in [0.1, 0.15) is 23.6 Å². The SMILES string of the molecule is COc1ccc(OC)c(C2=NN(S(C)(=O)=O)[C@@H](c3ccc(Cl)cc3)C2)c1. The summed E-state index contributed by atoms with van der Waals surface area (Å²) in [5, 5.41) is 4.98. The van der Waals surface area contributed by atoms with Crippen LogP contribution in [-0.4, -0.2) is 39.0 Å². The largest absolute Gasteiger partial charge is 0.497 e. The topological polar surface area (TPSA) is 68.2 Å². The summed E-state index contributed by atoms with van der Waals surface area (Å²) in [5.74, 6) is 1.25. The molecular weight excluding hydrogens is 376 g/mol. The quantitative estimate of drug-likeness (QED) is 0.778. The smallest absolute Gasteiger partial charge is 0.247 e. The zero-order chi connectivity index (χ0) is 18.9. The van der Waals surface area contributed by atoms with Crippen molar-refractivity contribution in [3.05, 3.63) is 58.6 Å². The van der Waals surface area contributed by atoms with Gasteiger partial charge in [0.05, 0.1) is 32.2 Å². The third-order valence-corrected chi connectivity index (χ3v) is 5.45. The predicted octanol–water partition coefficient (Wildman–Crippen LogP) is 3.47. The zero-order valence-corrected chi connectivity index (χ0v) is 16.2. The molecule has 0 unspecified atom stereocenters. The molecule has 0 N–H and O–H groups in total. The van der Waals surface area contributed by atoms with E-state index in [0.717, 1.165) is 16.2 Å². The van der Waals surface area contributed by atoms with Crippen LogP contribution in [0.2, 0.25) is 5.02 Å². The van der Waals surface area contributed by atoms with Gasteiger partial charge in [-0.1, -0.05) is 23.7 Å². The van der Waals surface area contributed by atoms with Crippen LogP contribution in [0.15, 0.2) is 47.6 Å². The predicted molar refractivity (Wildman–Crippen MR) is 102 cm³/mol. The van der Waals surface area contributed by atoms with Crippen molar-refractivity contribution in [2.45, 2.75) is 12.5 Å².